The number of aryl methyl sites for hydroxylation is 1. The van der Waals surface area contributed by atoms with E-state index < -0.39 is 0 Å². The number of fused-ring (bicyclic) bond motifs is 1. The van der Waals surface area contributed by atoms with Crippen LogP contribution in [0.15, 0.2) is 82.6 Å². The largest absolute Gasteiger partial charge is 0.352 e. The maximum absolute atomic E-state index is 13.8. The monoisotopic (exact) mass is 556 g/mol. The van der Waals surface area contributed by atoms with Crippen LogP contribution in [0.25, 0.3) is 6.08 Å². The van der Waals surface area contributed by atoms with E-state index in [-0.39, 0.29) is 11.8 Å². The second kappa shape index (κ2) is 13.4. The number of benzene rings is 3. The zero-order chi connectivity index (χ0) is 27.0. The molecule has 0 atom stereocenters. The lowest BCUT2D eigenvalue weighted by Gasteiger charge is -2.31. The summed E-state index contributed by atoms with van der Waals surface area (Å²) in [4.78, 5) is 30.3. The average molecular weight is 557 g/mol. The van der Waals surface area contributed by atoms with Crippen LogP contribution in [0.3, 0.4) is 0 Å². The zero-order valence-corrected chi connectivity index (χ0v) is 24.2. The molecule has 5 rings (SSSR count). The molecule has 2 amide bonds. The Morgan fingerprint density at radius 3 is 2.64 bits per heavy atom. The molecule has 0 aromatic heterocycles. The zero-order valence-electron chi connectivity index (χ0n) is 22.5. The Kier molecular flexibility index (Phi) is 9.49. The van der Waals surface area contributed by atoms with Crippen molar-refractivity contribution in [3.8, 4) is 0 Å². The van der Waals surface area contributed by atoms with E-state index in [9.17, 15) is 9.59 Å². The number of carbonyl (C=O) groups excluding carboxylic acids is 2. The van der Waals surface area contributed by atoms with Gasteiger partial charge in [-0.15, -0.1) is 0 Å². The Hall–Kier alpha value is -2.96. The van der Waals surface area contributed by atoms with Gasteiger partial charge >= 0.3 is 0 Å². The molecule has 0 unspecified atom stereocenters. The molecule has 6 heteroatoms. The molecule has 0 radical (unpaired) electrons. The molecule has 1 saturated carbocycles. The number of rotatable bonds is 9. The van der Waals surface area contributed by atoms with E-state index in [2.05, 4.69) is 36.1 Å². The van der Waals surface area contributed by atoms with Crippen LogP contribution >= 0.6 is 23.5 Å². The first-order valence-electron chi connectivity index (χ1n) is 13.9. The molecule has 4 nitrogen and oxygen atoms in total. The van der Waals surface area contributed by atoms with Gasteiger partial charge < -0.3 is 10.2 Å². The maximum atomic E-state index is 13.8. The van der Waals surface area contributed by atoms with E-state index in [1.807, 2.05) is 71.6 Å². The number of hydrogen-bond acceptors (Lipinski definition) is 4. The summed E-state index contributed by atoms with van der Waals surface area (Å²) in [7, 11) is 0. The second-order valence-corrected chi connectivity index (χ2v) is 12.8. The van der Waals surface area contributed by atoms with Gasteiger partial charge in [-0.25, -0.2) is 0 Å². The molecule has 0 saturated heterocycles. The first-order valence-corrected chi connectivity index (χ1v) is 15.8. The number of thioether (sulfide) groups is 2. The van der Waals surface area contributed by atoms with Crippen molar-refractivity contribution < 1.29 is 9.59 Å². The Labute approximate surface area is 240 Å². The van der Waals surface area contributed by atoms with Gasteiger partial charge in [-0.05, 0) is 67.3 Å². The van der Waals surface area contributed by atoms with Gasteiger partial charge in [0.15, 0.2) is 0 Å². The molecule has 3 aromatic carbocycles. The fourth-order valence-corrected chi connectivity index (χ4v) is 7.51. The number of nitrogens with one attached hydrogen (secondary N) is 1. The molecule has 3 aromatic rings. The van der Waals surface area contributed by atoms with Crippen LogP contribution in [0, 0.1) is 6.92 Å². The maximum Gasteiger partial charge on any atom is 0.265 e. The average Bonchev–Trinajstić information content (AvgIpc) is 2.96. The number of anilines is 1. The summed E-state index contributed by atoms with van der Waals surface area (Å²) >= 11 is 3.53. The molecule has 2 aliphatic rings. The van der Waals surface area contributed by atoms with Crippen molar-refractivity contribution in [2.24, 2.45) is 0 Å². The Morgan fingerprint density at radius 1 is 1.03 bits per heavy atom. The van der Waals surface area contributed by atoms with Crippen molar-refractivity contribution in [1.82, 2.24) is 5.32 Å². The minimum Gasteiger partial charge on any atom is -0.352 e. The summed E-state index contributed by atoms with van der Waals surface area (Å²) in [5.41, 5.74) is 4.58. The Balaban J connectivity index is 1.31. The predicted octanol–water partition coefficient (Wildman–Crippen LogP) is 7.86. The minimum atomic E-state index is -0.0842. The molecular formula is C33H36N2O2S2. The lowest BCUT2D eigenvalue weighted by atomic mass is 10.0. The van der Waals surface area contributed by atoms with Gasteiger partial charge in [0.1, 0.15) is 0 Å². The lowest BCUT2D eigenvalue weighted by molar-refractivity contribution is -0.114. The van der Waals surface area contributed by atoms with Gasteiger partial charge in [0.2, 0.25) is 0 Å². The van der Waals surface area contributed by atoms with E-state index in [1.165, 1.54) is 43.9 Å². The topological polar surface area (TPSA) is 49.4 Å². The van der Waals surface area contributed by atoms with Crippen molar-refractivity contribution in [2.45, 2.75) is 62.1 Å². The molecule has 1 aliphatic heterocycles. The van der Waals surface area contributed by atoms with Crippen LogP contribution in [0.5, 0.6) is 0 Å². The highest BCUT2D eigenvalue weighted by Crippen LogP contribution is 2.43. The molecule has 0 spiro atoms. The van der Waals surface area contributed by atoms with Crippen LogP contribution < -0.4 is 10.2 Å². The third-order valence-electron chi connectivity index (χ3n) is 7.22. The Morgan fingerprint density at radius 2 is 1.85 bits per heavy atom. The van der Waals surface area contributed by atoms with Crippen LogP contribution in [0.1, 0.15) is 65.6 Å². The molecule has 1 heterocycles. The van der Waals surface area contributed by atoms with Crippen molar-refractivity contribution >= 4 is 47.1 Å². The SMILES string of the molecule is Cc1cccc(CN2C(=O)/C(=C/c3ccccc3)Sc3ccc(C(=O)NCCCSC4CCCCC4)cc32)c1. The molecule has 202 valence electrons. The van der Waals surface area contributed by atoms with Crippen LogP contribution in [0.2, 0.25) is 0 Å². The normalized spacial score (nSPS) is 16.8. The lowest BCUT2D eigenvalue weighted by Crippen LogP contribution is -2.34. The summed E-state index contributed by atoms with van der Waals surface area (Å²) in [5.74, 6) is 0.954. The highest BCUT2D eigenvalue weighted by molar-refractivity contribution is 8.04. The number of amides is 2. The van der Waals surface area contributed by atoms with Gasteiger partial charge in [-0.1, -0.05) is 91.2 Å². The van der Waals surface area contributed by atoms with Crippen LogP contribution in [-0.2, 0) is 11.3 Å². The quantitative estimate of drug-likeness (QED) is 0.215. The van der Waals surface area contributed by atoms with E-state index in [0.717, 1.165) is 44.7 Å². The van der Waals surface area contributed by atoms with Crippen molar-refractivity contribution in [1.29, 1.82) is 0 Å². The van der Waals surface area contributed by atoms with E-state index in [1.54, 1.807) is 0 Å². The van der Waals surface area contributed by atoms with Crippen molar-refractivity contribution in [3.05, 3.63) is 100.0 Å². The van der Waals surface area contributed by atoms with Gasteiger partial charge in [0, 0.05) is 22.3 Å². The molecule has 0 bridgehead atoms. The highest BCUT2D eigenvalue weighted by atomic mass is 32.2. The predicted molar refractivity (Wildman–Crippen MR) is 165 cm³/mol. The molecular weight excluding hydrogens is 521 g/mol. The van der Waals surface area contributed by atoms with E-state index in [0.29, 0.717) is 23.6 Å². The smallest absolute Gasteiger partial charge is 0.265 e. The number of carbonyl (C=O) groups is 2. The minimum absolute atomic E-state index is 0.0462. The van der Waals surface area contributed by atoms with Gasteiger partial charge in [-0.3, -0.25) is 9.59 Å². The number of hydrogen-bond donors (Lipinski definition) is 1. The second-order valence-electron chi connectivity index (χ2n) is 10.3. The fraction of sp³-hybridized carbons (Fsp3) is 0.333. The summed E-state index contributed by atoms with van der Waals surface area (Å²) in [6.45, 7) is 3.17. The number of nitrogens with zero attached hydrogens (tertiary/aromatic N) is 1. The summed E-state index contributed by atoms with van der Waals surface area (Å²) in [5, 5.41) is 3.89. The highest BCUT2D eigenvalue weighted by Gasteiger charge is 2.30. The molecule has 1 aliphatic carbocycles. The third-order valence-corrected chi connectivity index (χ3v) is 9.77. The van der Waals surface area contributed by atoms with Gasteiger partial charge in [-0.2, -0.15) is 11.8 Å². The van der Waals surface area contributed by atoms with E-state index in [4.69, 9.17) is 0 Å². The van der Waals surface area contributed by atoms with Crippen LogP contribution in [0.4, 0.5) is 5.69 Å². The van der Waals surface area contributed by atoms with Gasteiger partial charge in [0.05, 0.1) is 17.1 Å². The molecule has 1 fully saturated rings. The summed E-state index contributed by atoms with van der Waals surface area (Å²) < 4.78 is 0. The first-order chi connectivity index (χ1) is 19.1. The third kappa shape index (κ3) is 7.37. The molecule has 39 heavy (non-hydrogen) atoms. The first kappa shape index (κ1) is 27.6. The molecule has 1 N–H and O–H groups in total. The summed E-state index contributed by atoms with van der Waals surface area (Å²) in [6.07, 6.45) is 9.69. The van der Waals surface area contributed by atoms with Crippen molar-refractivity contribution in [3.63, 3.8) is 0 Å². The summed E-state index contributed by atoms with van der Waals surface area (Å²) in [6, 6.07) is 23.9. The van der Waals surface area contributed by atoms with Gasteiger partial charge in [0.25, 0.3) is 11.8 Å². The van der Waals surface area contributed by atoms with Crippen molar-refractivity contribution in [2.75, 3.05) is 17.2 Å². The fourth-order valence-electron chi connectivity index (χ4n) is 5.16. The van der Waals surface area contributed by atoms with E-state index >= 15 is 0 Å². The van der Waals surface area contributed by atoms with Crippen LogP contribution in [-0.4, -0.2) is 29.4 Å². The Bertz CT molecular complexity index is 1330. The standard InChI is InChI=1S/C33H36N2O2S2/c1-24-10-8-13-26(20-24)23-35-29-22-27(32(36)34-18-9-19-38-28-14-6-3-7-15-28)16-17-30(29)39-31(33(35)37)21-25-11-4-2-5-12-25/h2,4-5,8,10-13,16-17,20-22,28H,3,6-7,9,14-15,18-19,23H2,1H3,(H,34,36)/b31-21-.